The van der Waals surface area contributed by atoms with Crippen LogP contribution in [0.4, 0.5) is 0 Å². The van der Waals surface area contributed by atoms with Crippen LogP contribution in [0.15, 0.2) is 29.1 Å². The van der Waals surface area contributed by atoms with Crippen molar-refractivity contribution in [2.75, 3.05) is 6.61 Å². The lowest BCUT2D eigenvalue weighted by molar-refractivity contribution is -0.142. The molecule has 1 aromatic carbocycles. The van der Waals surface area contributed by atoms with Crippen molar-refractivity contribution in [2.24, 2.45) is 11.8 Å². The predicted octanol–water partition coefficient (Wildman–Crippen LogP) is 5.03. The van der Waals surface area contributed by atoms with E-state index in [4.69, 9.17) is 4.74 Å². The zero-order valence-electron chi connectivity index (χ0n) is 21.0. The van der Waals surface area contributed by atoms with Gasteiger partial charge in [-0.15, -0.1) is 0 Å². The first-order chi connectivity index (χ1) is 17.1. The summed E-state index contributed by atoms with van der Waals surface area (Å²) in [5.74, 6) is 1.49. The molecule has 0 radical (unpaired) electrons. The predicted molar refractivity (Wildman–Crippen MR) is 136 cm³/mol. The second kappa shape index (κ2) is 9.68. The number of hydrogen-bond acceptors (Lipinski definition) is 5. The molecule has 3 heterocycles. The molecule has 4 atom stereocenters. The Morgan fingerprint density at radius 1 is 0.914 bits per heavy atom. The summed E-state index contributed by atoms with van der Waals surface area (Å²) < 4.78 is 7.13. The molecular formula is C29H39N3O3. The van der Waals surface area contributed by atoms with Gasteiger partial charge in [-0.25, -0.2) is 4.98 Å². The molecule has 0 N–H and O–H groups in total. The van der Waals surface area contributed by atoms with Gasteiger partial charge in [-0.2, -0.15) is 0 Å². The van der Waals surface area contributed by atoms with Crippen LogP contribution in [-0.4, -0.2) is 45.2 Å². The molecule has 188 valence electrons. The highest BCUT2D eigenvalue weighted by atomic mass is 16.5. The SMILES string of the molecule is CCOC(=O)Cc1nc2ccccc2n(C2CC3CCCC(C2)N3C2CC3CCCC(C3)C2)c1=O. The van der Waals surface area contributed by atoms with E-state index in [1.54, 1.807) is 6.92 Å². The molecule has 0 spiro atoms. The maximum atomic E-state index is 13.7. The largest absolute Gasteiger partial charge is 0.466 e. The first-order valence-corrected chi connectivity index (χ1v) is 14.0. The van der Waals surface area contributed by atoms with E-state index in [2.05, 4.69) is 9.88 Å². The molecule has 4 fully saturated rings. The van der Waals surface area contributed by atoms with Gasteiger partial charge in [0, 0.05) is 24.2 Å². The fourth-order valence-electron chi connectivity index (χ4n) is 8.17. The third-order valence-corrected chi connectivity index (χ3v) is 9.37. The Morgan fingerprint density at radius 2 is 1.60 bits per heavy atom. The third-order valence-electron chi connectivity index (χ3n) is 9.37. The number of para-hydroxylation sites is 2. The van der Waals surface area contributed by atoms with E-state index in [9.17, 15) is 9.59 Å². The lowest BCUT2D eigenvalue weighted by atomic mass is 9.68. The van der Waals surface area contributed by atoms with Crippen molar-refractivity contribution in [3.8, 4) is 0 Å². The van der Waals surface area contributed by atoms with Gasteiger partial charge in [0.05, 0.1) is 24.1 Å². The van der Waals surface area contributed by atoms with Gasteiger partial charge in [-0.3, -0.25) is 14.5 Å². The number of benzene rings is 1. The number of carbonyl (C=O) groups excluding carboxylic acids is 1. The highest BCUT2D eigenvalue weighted by molar-refractivity contribution is 5.77. The zero-order chi connectivity index (χ0) is 23.9. The number of fused-ring (bicyclic) bond motifs is 5. The van der Waals surface area contributed by atoms with Gasteiger partial charge in [0.15, 0.2) is 0 Å². The summed E-state index contributed by atoms with van der Waals surface area (Å²) in [7, 11) is 0. The minimum atomic E-state index is -0.381. The van der Waals surface area contributed by atoms with Gasteiger partial charge in [0.25, 0.3) is 5.56 Å². The van der Waals surface area contributed by atoms with Crippen molar-refractivity contribution in [3.05, 3.63) is 40.3 Å². The van der Waals surface area contributed by atoms with Crippen LogP contribution in [0.3, 0.4) is 0 Å². The summed E-state index contributed by atoms with van der Waals surface area (Å²) in [5.41, 5.74) is 1.89. The van der Waals surface area contributed by atoms with Crippen molar-refractivity contribution < 1.29 is 9.53 Å². The van der Waals surface area contributed by atoms with E-state index in [-0.39, 0.29) is 24.0 Å². The summed E-state index contributed by atoms with van der Waals surface area (Å²) in [6.07, 6.45) is 14.3. The molecule has 2 saturated carbocycles. The molecule has 6 nitrogen and oxygen atoms in total. The zero-order valence-corrected chi connectivity index (χ0v) is 21.0. The van der Waals surface area contributed by atoms with Gasteiger partial charge in [0.2, 0.25) is 0 Å². The second-order valence-corrected chi connectivity index (χ2v) is 11.5. The van der Waals surface area contributed by atoms with Crippen LogP contribution in [0.2, 0.25) is 0 Å². The smallest absolute Gasteiger partial charge is 0.312 e. The molecule has 2 aromatic rings. The fourth-order valence-corrected chi connectivity index (χ4v) is 8.17. The molecule has 2 aliphatic heterocycles. The standard InChI is InChI=1S/C29H39N3O3/c1-2-35-28(33)18-26-29(34)32(27-12-4-3-11-25(27)30-26)24-16-21-9-6-10-22(17-24)31(21)23-14-19-7-5-8-20(13-19)15-23/h3-4,11-12,19-24H,2,5-10,13-18H2,1H3. The van der Waals surface area contributed by atoms with Crippen LogP contribution in [0.1, 0.15) is 89.3 Å². The summed E-state index contributed by atoms with van der Waals surface area (Å²) in [4.78, 5) is 33.5. The quantitative estimate of drug-likeness (QED) is 0.565. The lowest BCUT2D eigenvalue weighted by Crippen LogP contribution is -2.58. The van der Waals surface area contributed by atoms with Gasteiger partial charge in [-0.05, 0) is 75.8 Å². The highest BCUT2D eigenvalue weighted by Gasteiger charge is 2.45. The molecule has 4 bridgehead atoms. The van der Waals surface area contributed by atoms with E-state index < -0.39 is 0 Å². The second-order valence-electron chi connectivity index (χ2n) is 11.5. The molecule has 0 amide bonds. The van der Waals surface area contributed by atoms with Crippen molar-refractivity contribution in [2.45, 2.75) is 108 Å². The average molecular weight is 478 g/mol. The van der Waals surface area contributed by atoms with Crippen molar-refractivity contribution in [1.82, 2.24) is 14.5 Å². The van der Waals surface area contributed by atoms with E-state index in [0.717, 1.165) is 41.8 Å². The Labute approximate surface area is 208 Å². The average Bonchev–Trinajstić information content (AvgIpc) is 2.84. The maximum Gasteiger partial charge on any atom is 0.312 e. The minimum absolute atomic E-state index is 0.0614. The Balaban J connectivity index is 1.32. The minimum Gasteiger partial charge on any atom is -0.466 e. The summed E-state index contributed by atoms with van der Waals surface area (Å²) in [6.45, 7) is 2.10. The maximum absolute atomic E-state index is 13.7. The molecular weight excluding hydrogens is 438 g/mol. The van der Waals surface area contributed by atoms with Crippen molar-refractivity contribution in [1.29, 1.82) is 0 Å². The van der Waals surface area contributed by atoms with Gasteiger partial charge >= 0.3 is 5.97 Å². The van der Waals surface area contributed by atoms with Crippen LogP contribution in [0.5, 0.6) is 0 Å². The number of carbonyl (C=O) groups is 1. The molecule has 6 rings (SSSR count). The van der Waals surface area contributed by atoms with Crippen LogP contribution in [0.25, 0.3) is 11.0 Å². The molecule has 4 unspecified atom stereocenters. The number of aromatic nitrogens is 2. The van der Waals surface area contributed by atoms with Crippen molar-refractivity contribution in [3.63, 3.8) is 0 Å². The molecule has 1 aromatic heterocycles. The van der Waals surface area contributed by atoms with Crippen LogP contribution >= 0.6 is 0 Å². The van der Waals surface area contributed by atoms with E-state index in [1.165, 1.54) is 57.8 Å². The Morgan fingerprint density at radius 3 is 2.31 bits per heavy atom. The topological polar surface area (TPSA) is 64.4 Å². The number of nitrogens with zero attached hydrogens (tertiary/aromatic N) is 3. The first kappa shape index (κ1) is 23.2. The fraction of sp³-hybridized carbons (Fsp3) is 0.690. The van der Waals surface area contributed by atoms with Crippen LogP contribution in [-0.2, 0) is 16.0 Å². The van der Waals surface area contributed by atoms with E-state index in [0.29, 0.717) is 24.4 Å². The number of hydrogen-bond donors (Lipinski definition) is 0. The van der Waals surface area contributed by atoms with Crippen molar-refractivity contribution >= 4 is 17.0 Å². The molecule has 2 aliphatic carbocycles. The first-order valence-electron chi connectivity index (χ1n) is 14.0. The summed E-state index contributed by atoms with van der Waals surface area (Å²) in [6, 6.07) is 9.93. The van der Waals surface area contributed by atoms with Gasteiger partial charge in [0.1, 0.15) is 5.69 Å². The summed E-state index contributed by atoms with van der Waals surface area (Å²) >= 11 is 0. The van der Waals surface area contributed by atoms with Crippen LogP contribution in [0, 0.1) is 11.8 Å². The molecule has 6 heteroatoms. The number of rotatable bonds is 5. The molecule has 35 heavy (non-hydrogen) atoms. The Kier molecular flexibility index (Phi) is 6.42. The number of esters is 1. The van der Waals surface area contributed by atoms with Gasteiger partial charge in [-0.1, -0.05) is 37.8 Å². The van der Waals surface area contributed by atoms with Crippen LogP contribution < -0.4 is 5.56 Å². The normalized spacial score (nSPS) is 32.9. The number of piperidine rings is 2. The van der Waals surface area contributed by atoms with E-state index in [1.807, 2.05) is 28.8 Å². The Bertz CT molecular complexity index is 1120. The number of ether oxygens (including phenoxy) is 1. The van der Waals surface area contributed by atoms with Gasteiger partial charge < -0.3 is 9.30 Å². The molecule has 4 aliphatic rings. The third kappa shape index (κ3) is 4.43. The summed E-state index contributed by atoms with van der Waals surface area (Å²) in [5, 5.41) is 0. The molecule has 2 saturated heterocycles. The monoisotopic (exact) mass is 477 g/mol. The Hall–Kier alpha value is -2.21. The highest BCUT2D eigenvalue weighted by Crippen LogP contribution is 2.47. The lowest BCUT2D eigenvalue weighted by Gasteiger charge is -2.55. The van der Waals surface area contributed by atoms with E-state index >= 15 is 0 Å².